The molecule has 28 heavy (non-hydrogen) atoms. The van der Waals surface area contributed by atoms with Gasteiger partial charge in [-0.05, 0) is 43.7 Å². The fraction of sp³-hybridized carbons (Fsp3) is 0.350. The van der Waals surface area contributed by atoms with Crippen LogP contribution in [-0.2, 0) is 14.8 Å². The summed E-state index contributed by atoms with van der Waals surface area (Å²) < 4.78 is 25.6. The summed E-state index contributed by atoms with van der Waals surface area (Å²) >= 11 is 5.98. The molecule has 0 bridgehead atoms. The smallest absolute Gasteiger partial charge is 0.243 e. The molecule has 8 heteroatoms. The average molecular weight is 424 g/mol. The first-order valence-corrected chi connectivity index (χ1v) is 11.2. The highest BCUT2D eigenvalue weighted by molar-refractivity contribution is 7.92. The molecule has 0 spiro atoms. The molecule has 2 aromatic carbocycles. The van der Waals surface area contributed by atoms with Crippen LogP contribution in [0.1, 0.15) is 13.3 Å². The zero-order valence-electron chi connectivity index (χ0n) is 16.3. The third kappa shape index (κ3) is 6.14. The number of hydrogen-bond acceptors (Lipinski definition) is 4. The van der Waals surface area contributed by atoms with Crippen LogP contribution in [0.4, 0.5) is 11.4 Å². The van der Waals surface area contributed by atoms with Crippen LogP contribution in [0.3, 0.4) is 0 Å². The molecular weight excluding hydrogens is 398 g/mol. The van der Waals surface area contributed by atoms with Crippen LogP contribution in [0.2, 0.25) is 5.02 Å². The Morgan fingerprint density at radius 2 is 1.75 bits per heavy atom. The normalized spacial score (nSPS) is 12.3. The van der Waals surface area contributed by atoms with Crippen molar-refractivity contribution in [1.82, 2.24) is 5.32 Å². The molecule has 1 amide bonds. The molecule has 1 atom stereocenters. The van der Waals surface area contributed by atoms with Crippen LogP contribution in [-0.4, -0.2) is 46.8 Å². The highest BCUT2D eigenvalue weighted by Crippen LogP contribution is 2.24. The zero-order valence-corrected chi connectivity index (χ0v) is 17.9. The molecule has 152 valence electrons. The standard InChI is InChI=1S/C20H26ClN3O3S/c1-16(24(28(3,26)27)19-12-7-9-17(21)15-19)20(25)22-13-8-14-23(2)18-10-5-4-6-11-18/h4-7,9-12,15-16H,8,13-14H2,1-3H3,(H,22,25)/t16-/m1/s1. The fourth-order valence-corrected chi connectivity index (χ4v) is 4.26. The summed E-state index contributed by atoms with van der Waals surface area (Å²) in [6.07, 6.45) is 1.81. The van der Waals surface area contributed by atoms with Crippen LogP contribution in [0.5, 0.6) is 0 Å². The summed E-state index contributed by atoms with van der Waals surface area (Å²) in [5.74, 6) is -0.354. The van der Waals surface area contributed by atoms with Gasteiger partial charge in [0.15, 0.2) is 0 Å². The number of nitrogens with one attached hydrogen (secondary N) is 1. The average Bonchev–Trinajstić information content (AvgIpc) is 2.64. The van der Waals surface area contributed by atoms with Gasteiger partial charge in [-0.1, -0.05) is 35.9 Å². The Kier molecular flexibility index (Phi) is 7.71. The third-order valence-electron chi connectivity index (χ3n) is 4.32. The summed E-state index contributed by atoms with van der Waals surface area (Å²) in [5.41, 5.74) is 1.47. The predicted octanol–water partition coefficient (Wildman–Crippen LogP) is 3.14. The molecule has 0 aromatic heterocycles. The lowest BCUT2D eigenvalue weighted by atomic mass is 10.2. The minimum absolute atomic E-state index is 0.354. The summed E-state index contributed by atoms with van der Waals surface area (Å²) in [4.78, 5) is 14.6. The lowest BCUT2D eigenvalue weighted by Crippen LogP contribution is -2.48. The van der Waals surface area contributed by atoms with Crippen molar-refractivity contribution in [2.24, 2.45) is 0 Å². The van der Waals surface area contributed by atoms with Gasteiger partial charge in [-0.15, -0.1) is 0 Å². The number of amides is 1. The number of hydrogen-bond donors (Lipinski definition) is 1. The summed E-state index contributed by atoms with van der Waals surface area (Å²) in [6, 6.07) is 15.5. The first kappa shape index (κ1) is 22.0. The Bertz CT molecular complexity index is 891. The van der Waals surface area contributed by atoms with E-state index in [4.69, 9.17) is 11.6 Å². The monoisotopic (exact) mass is 423 g/mol. The van der Waals surface area contributed by atoms with E-state index in [9.17, 15) is 13.2 Å². The molecule has 6 nitrogen and oxygen atoms in total. The van der Waals surface area contributed by atoms with Crippen molar-refractivity contribution in [2.75, 3.05) is 35.6 Å². The largest absolute Gasteiger partial charge is 0.375 e. The topological polar surface area (TPSA) is 69.7 Å². The SMILES string of the molecule is C[C@H](C(=O)NCCCN(C)c1ccccc1)N(c1cccc(Cl)c1)S(C)(=O)=O. The maximum absolute atomic E-state index is 12.5. The number of halogens is 1. The number of carbonyl (C=O) groups is 1. The number of benzene rings is 2. The van der Waals surface area contributed by atoms with Gasteiger partial charge in [0.1, 0.15) is 6.04 Å². The second-order valence-corrected chi connectivity index (χ2v) is 8.91. The van der Waals surface area contributed by atoms with Gasteiger partial charge in [-0.25, -0.2) is 8.42 Å². The second-order valence-electron chi connectivity index (χ2n) is 6.62. The van der Waals surface area contributed by atoms with Crippen molar-refractivity contribution in [3.63, 3.8) is 0 Å². The van der Waals surface area contributed by atoms with Gasteiger partial charge in [-0.3, -0.25) is 9.10 Å². The van der Waals surface area contributed by atoms with E-state index in [-0.39, 0.29) is 5.91 Å². The van der Waals surface area contributed by atoms with Crippen LogP contribution in [0, 0.1) is 0 Å². The summed E-state index contributed by atoms with van der Waals surface area (Å²) in [5, 5.41) is 3.23. The lowest BCUT2D eigenvalue weighted by Gasteiger charge is -2.28. The number of rotatable bonds is 9. The maximum Gasteiger partial charge on any atom is 0.243 e. The van der Waals surface area contributed by atoms with E-state index in [2.05, 4.69) is 10.2 Å². The molecule has 0 saturated carbocycles. The molecule has 0 aliphatic rings. The van der Waals surface area contributed by atoms with Crippen LogP contribution < -0.4 is 14.5 Å². The Labute approximate surface area is 172 Å². The van der Waals surface area contributed by atoms with Crippen LogP contribution >= 0.6 is 11.6 Å². The summed E-state index contributed by atoms with van der Waals surface area (Å²) in [7, 11) is -1.66. The number of para-hydroxylation sites is 1. The number of anilines is 2. The van der Waals surface area contributed by atoms with E-state index in [1.54, 1.807) is 25.1 Å². The van der Waals surface area contributed by atoms with Gasteiger partial charge in [0.05, 0.1) is 11.9 Å². The molecule has 2 rings (SSSR count). The quantitative estimate of drug-likeness (QED) is 0.629. The second kappa shape index (κ2) is 9.80. The van der Waals surface area contributed by atoms with Gasteiger partial charge in [0.2, 0.25) is 15.9 Å². The maximum atomic E-state index is 12.5. The van der Waals surface area contributed by atoms with E-state index in [1.165, 1.54) is 6.07 Å². The molecule has 0 radical (unpaired) electrons. The lowest BCUT2D eigenvalue weighted by molar-refractivity contribution is -0.121. The molecule has 0 fully saturated rings. The highest BCUT2D eigenvalue weighted by atomic mass is 35.5. The third-order valence-corrected chi connectivity index (χ3v) is 5.79. The molecule has 0 aliphatic carbocycles. The van der Waals surface area contributed by atoms with E-state index in [1.807, 2.05) is 37.4 Å². The zero-order chi connectivity index (χ0) is 20.7. The van der Waals surface area contributed by atoms with Crippen molar-refractivity contribution < 1.29 is 13.2 Å². The van der Waals surface area contributed by atoms with E-state index in [0.717, 1.165) is 29.2 Å². The van der Waals surface area contributed by atoms with Gasteiger partial charge in [0, 0.05) is 30.8 Å². The van der Waals surface area contributed by atoms with Gasteiger partial charge in [0.25, 0.3) is 0 Å². The minimum atomic E-state index is -3.65. The Morgan fingerprint density at radius 1 is 1.11 bits per heavy atom. The van der Waals surface area contributed by atoms with Crippen molar-refractivity contribution in [3.05, 3.63) is 59.6 Å². The van der Waals surface area contributed by atoms with Crippen LogP contribution in [0.15, 0.2) is 54.6 Å². The van der Waals surface area contributed by atoms with E-state index >= 15 is 0 Å². The molecule has 0 saturated heterocycles. The Balaban J connectivity index is 1.94. The first-order chi connectivity index (χ1) is 13.2. The fourth-order valence-electron chi connectivity index (χ4n) is 2.91. The predicted molar refractivity (Wildman–Crippen MR) is 116 cm³/mol. The van der Waals surface area contributed by atoms with Crippen molar-refractivity contribution >= 4 is 38.9 Å². The summed E-state index contributed by atoms with van der Waals surface area (Å²) in [6.45, 7) is 2.78. The molecule has 2 aromatic rings. The van der Waals surface area contributed by atoms with Gasteiger partial charge < -0.3 is 10.2 Å². The van der Waals surface area contributed by atoms with Crippen molar-refractivity contribution in [1.29, 1.82) is 0 Å². The molecule has 0 aliphatic heterocycles. The van der Waals surface area contributed by atoms with Crippen molar-refractivity contribution in [3.8, 4) is 0 Å². The van der Waals surface area contributed by atoms with E-state index < -0.39 is 16.1 Å². The first-order valence-electron chi connectivity index (χ1n) is 8.99. The highest BCUT2D eigenvalue weighted by Gasteiger charge is 2.29. The minimum Gasteiger partial charge on any atom is -0.375 e. The molecule has 1 N–H and O–H groups in total. The van der Waals surface area contributed by atoms with Crippen LogP contribution in [0.25, 0.3) is 0 Å². The molecule has 0 unspecified atom stereocenters. The molecule has 0 heterocycles. The van der Waals surface area contributed by atoms with Gasteiger partial charge >= 0.3 is 0 Å². The number of nitrogens with zero attached hydrogens (tertiary/aromatic N) is 2. The molecular formula is C20H26ClN3O3S. The van der Waals surface area contributed by atoms with Crippen molar-refractivity contribution in [2.45, 2.75) is 19.4 Å². The number of sulfonamides is 1. The van der Waals surface area contributed by atoms with Gasteiger partial charge in [-0.2, -0.15) is 0 Å². The number of carbonyl (C=O) groups excluding carboxylic acids is 1. The Hall–Kier alpha value is -2.25. The van der Waals surface area contributed by atoms with E-state index in [0.29, 0.717) is 17.3 Å². The Morgan fingerprint density at radius 3 is 2.36 bits per heavy atom.